The number of carbonyl (C=O) groups is 1. The third kappa shape index (κ3) is 3.32. The molecular weight excluding hydrogens is 308 g/mol. The van der Waals surface area contributed by atoms with Gasteiger partial charge in [0, 0.05) is 23.3 Å². The average molecular weight is 321 g/mol. The summed E-state index contributed by atoms with van der Waals surface area (Å²) in [6.07, 6.45) is 0. The molecule has 2 aromatic carbocycles. The summed E-state index contributed by atoms with van der Waals surface area (Å²) in [6.45, 7) is 0. The zero-order chi connectivity index (χ0) is 15.6. The van der Waals surface area contributed by atoms with Crippen molar-refractivity contribution in [2.75, 3.05) is 11.9 Å². The second-order valence-corrected chi connectivity index (χ2v) is 5.32. The minimum Gasteiger partial charge on any atom is -0.507 e. The Labute approximate surface area is 132 Å². The summed E-state index contributed by atoms with van der Waals surface area (Å²) >= 11 is 10.8. The zero-order valence-electron chi connectivity index (χ0n) is 11.2. The first kappa shape index (κ1) is 15.3. The van der Waals surface area contributed by atoms with E-state index in [-0.39, 0.29) is 22.2 Å². The number of thiocarbonyl (C=S) groups is 1. The van der Waals surface area contributed by atoms with E-state index in [1.165, 1.54) is 23.1 Å². The molecule has 6 heteroatoms. The van der Waals surface area contributed by atoms with Crippen LogP contribution in [0.5, 0.6) is 5.75 Å². The third-order valence-corrected chi connectivity index (χ3v) is 3.48. The van der Waals surface area contributed by atoms with Gasteiger partial charge >= 0.3 is 0 Å². The maximum absolute atomic E-state index is 12.4. The van der Waals surface area contributed by atoms with Gasteiger partial charge in [0.05, 0.1) is 5.56 Å². The molecule has 0 spiro atoms. The number of benzene rings is 2. The van der Waals surface area contributed by atoms with Crippen molar-refractivity contribution in [3.05, 3.63) is 58.6 Å². The van der Waals surface area contributed by atoms with E-state index >= 15 is 0 Å². The van der Waals surface area contributed by atoms with Crippen LogP contribution in [0, 0.1) is 0 Å². The molecule has 0 aliphatic heterocycles. The lowest BCUT2D eigenvalue weighted by atomic mass is 10.1. The standard InChI is InChI=1S/C15H13ClN2O2S/c1-18(11-4-2-3-9(7-11)14(17)21)15(20)12-8-10(16)5-6-13(12)19/h2-8,19H,1H3,(H2,17,21). The summed E-state index contributed by atoms with van der Waals surface area (Å²) in [5.41, 5.74) is 6.99. The van der Waals surface area contributed by atoms with Crippen LogP contribution in [0.2, 0.25) is 5.02 Å². The molecule has 0 saturated heterocycles. The van der Waals surface area contributed by atoms with Gasteiger partial charge in [-0.3, -0.25) is 4.79 Å². The minimum absolute atomic E-state index is 0.123. The summed E-state index contributed by atoms with van der Waals surface area (Å²) in [7, 11) is 1.60. The fourth-order valence-electron chi connectivity index (χ4n) is 1.85. The predicted octanol–water partition coefficient (Wildman–Crippen LogP) is 2.96. The number of phenols is 1. The van der Waals surface area contributed by atoms with Gasteiger partial charge in [-0.2, -0.15) is 0 Å². The van der Waals surface area contributed by atoms with Crippen molar-refractivity contribution in [2.45, 2.75) is 0 Å². The highest BCUT2D eigenvalue weighted by Gasteiger charge is 2.18. The molecule has 2 rings (SSSR count). The third-order valence-electron chi connectivity index (χ3n) is 3.01. The van der Waals surface area contributed by atoms with Gasteiger partial charge in [-0.05, 0) is 30.3 Å². The van der Waals surface area contributed by atoms with E-state index in [0.29, 0.717) is 16.3 Å². The number of amides is 1. The smallest absolute Gasteiger partial charge is 0.261 e. The molecule has 0 aliphatic carbocycles. The fourth-order valence-corrected chi connectivity index (χ4v) is 2.14. The number of aromatic hydroxyl groups is 1. The first-order valence-corrected chi connectivity index (χ1v) is 6.85. The van der Waals surface area contributed by atoms with Gasteiger partial charge in [0.15, 0.2) is 0 Å². The molecular formula is C15H13ClN2O2S. The Morgan fingerprint density at radius 1 is 1.29 bits per heavy atom. The summed E-state index contributed by atoms with van der Waals surface area (Å²) in [5, 5.41) is 10.2. The van der Waals surface area contributed by atoms with E-state index in [0.717, 1.165) is 0 Å². The molecule has 0 aromatic heterocycles. The maximum Gasteiger partial charge on any atom is 0.261 e. The lowest BCUT2D eigenvalue weighted by molar-refractivity contribution is 0.0990. The molecule has 3 N–H and O–H groups in total. The van der Waals surface area contributed by atoms with Crippen molar-refractivity contribution in [3.8, 4) is 5.75 Å². The van der Waals surface area contributed by atoms with Crippen LogP contribution in [0.15, 0.2) is 42.5 Å². The van der Waals surface area contributed by atoms with Crippen LogP contribution in [-0.2, 0) is 0 Å². The van der Waals surface area contributed by atoms with Crippen LogP contribution in [0.4, 0.5) is 5.69 Å². The van der Waals surface area contributed by atoms with E-state index < -0.39 is 0 Å². The summed E-state index contributed by atoms with van der Waals surface area (Å²) in [4.78, 5) is 14.1. The Morgan fingerprint density at radius 3 is 2.67 bits per heavy atom. The Kier molecular flexibility index (Phi) is 4.45. The monoisotopic (exact) mass is 320 g/mol. The van der Waals surface area contributed by atoms with Crippen molar-refractivity contribution in [3.63, 3.8) is 0 Å². The molecule has 108 valence electrons. The molecule has 21 heavy (non-hydrogen) atoms. The van der Waals surface area contributed by atoms with Crippen molar-refractivity contribution in [1.29, 1.82) is 0 Å². The first-order valence-electron chi connectivity index (χ1n) is 6.06. The van der Waals surface area contributed by atoms with E-state index in [4.69, 9.17) is 29.6 Å². The minimum atomic E-state index is -0.380. The number of rotatable bonds is 3. The number of phenolic OH excluding ortho intramolecular Hbond substituents is 1. The predicted molar refractivity (Wildman–Crippen MR) is 88.2 cm³/mol. The molecule has 0 saturated carbocycles. The summed E-state index contributed by atoms with van der Waals surface area (Å²) in [6, 6.07) is 11.3. The van der Waals surface area contributed by atoms with Crippen LogP contribution in [0.25, 0.3) is 0 Å². The van der Waals surface area contributed by atoms with Gasteiger partial charge in [0.25, 0.3) is 5.91 Å². The van der Waals surface area contributed by atoms with Crippen LogP contribution >= 0.6 is 23.8 Å². The van der Waals surface area contributed by atoms with Crippen molar-refractivity contribution < 1.29 is 9.90 Å². The normalized spacial score (nSPS) is 10.2. The SMILES string of the molecule is CN(C(=O)c1cc(Cl)ccc1O)c1cccc(C(N)=S)c1. The fraction of sp³-hybridized carbons (Fsp3) is 0.0667. The average Bonchev–Trinajstić information content (AvgIpc) is 2.48. The molecule has 0 unspecified atom stereocenters. The highest BCUT2D eigenvalue weighted by Crippen LogP contribution is 2.25. The van der Waals surface area contributed by atoms with Gasteiger partial charge in [-0.1, -0.05) is 36.0 Å². The van der Waals surface area contributed by atoms with Crippen LogP contribution < -0.4 is 10.6 Å². The van der Waals surface area contributed by atoms with E-state index in [1.807, 2.05) is 0 Å². The van der Waals surface area contributed by atoms with E-state index in [2.05, 4.69) is 0 Å². The zero-order valence-corrected chi connectivity index (χ0v) is 12.8. The Hall–Kier alpha value is -2.11. The Balaban J connectivity index is 2.37. The summed E-state index contributed by atoms with van der Waals surface area (Å²) in [5.74, 6) is -0.503. The Morgan fingerprint density at radius 2 is 2.00 bits per heavy atom. The number of nitrogens with two attached hydrogens (primary N) is 1. The number of halogens is 1. The van der Waals surface area contributed by atoms with E-state index in [9.17, 15) is 9.90 Å². The number of nitrogens with zero attached hydrogens (tertiary/aromatic N) is 1. The second-order valence-electron chi connectivity index (χ2n) is 4.44. The molecule has 0 atom stereocenters. The highest BCUT2D eigenvalue weighted by molar-refractivity contribution is 7.80. The molecule has 0 aliphatic rings. The first-order chi connectivity index (χ1) is 9.90. The molecule has 2 aromatic rings. The molecule has 0 radical (unpaired) electrons. The lowest BCUT2D eigenvalue weighted by Crippen LogP contribution is -2.26. The highest BCUT2D eigenvalue weighted by atomic mass is 35.5. The topological polar surface area (TPSA) is 66.6 Å². The molecule has 0 bridgehead atoms. The number of hydrogen-bond donors (Lipinski definition) is 2. The summed E-state index contributed by atoms with van der Waals surface area (Å²) < 4.78 is 0. The van der Waals surface area contributed by atoms with Crippen LogP contribution in [0.1, 0.15) is 15.9 Å². The largest absolute Gasteiger partial charge is 0.507 e. The molecule has 4 nitrogen and oxygen atoms in total. The van der Waals surface area contributed by atoms with Gasteiger partial charge in [0.2, 0.25) is 0 Å². The van der Waals surface area contributed by atoms with E-state index in [1.54, 1.807) is 31.3 Å². The van der Waals surface area contributed by atoms with Crippen molar-refractivity contribution in [1.82, 2.24) is 0 Å². The van der Waals surface area contributed by atoms with Gasteiger partial charge in [0.1, 0.15) is 10.7 Å². The number of carbonyl (C=O) groups excluding carboxylic acids is 1. The van der Waals surface area contributed by atoms with Crippen LogP contribution in [0.3, 0.4) is 0 Å². The van der Waals surface area contributed by atoms with Crippen molar-refractivity contribution in [2.24, 2.45) is 5.73 Å². The van der Waals surface area contributed by atoms with Crippen LogP contribution in [-0.4, -0.2) is 23.0 Å². The maximum atomic E-state index is 12.4. The number of hydrogen-bond acceptors (Lipinski definition) is 3. The lowest BCUT2D eigenvalue weighted by Gasteiger charge is -2.19. The number of anilines is 1. The second kappa shape index (κ2) is 6.11. The van der Waals surface area contributed by atoms with Gasteiger partial charge < -0.3 is 15.7 Å². The van der Waals surface area contributed by atoms with Crippen molar-refractivity contribution >= 4 is 40.4 Å². The molecule has 0 fully saturated rings. The molecule has 1 amide bonds. The van der Waals surface area contributed by atoms with Gasteiger partial charge in [-0.15, -0.1) is 0 Å². The molecule has 0 heterocycles. The van der Waals surface area contributed by atoms with Gasteiger partial charge in [-0.25, -0.2) is 0 Å². The quantitative estimate of drug-likeness (QED) is 0.853. The Bertz CT molecular complexity index is 719.